The summed E-state index contributed by atoms with van der Waals surface area (Å²) in [6.07, 6.45) is 2.26. The number of hydrogen-bond donors (Lipinski definition) is 0. The molecule has 0 spiro atoms. The minimum Gasteiger partial charge on any atom is -0.376 e. The highest BCUT2D eigenvalue weighted by molar-refractivity contribution is 5.60. The van der Waals surface area contributed by atoms with Gasteiger partial charge in [-0.25, -0.2) is 0 Å². The van der Waals surface area contributed by atoms with Crippen molar-refractivity contribution in [3.63, 3.8) is 0 Å². The van der Waals surface area contributed by atoms with Crippen LogP contribution in [0.5, 0.6) is 0 Å². The molecule has 1 unspecified atom stereocenters. The fraction of sp³-hybridized carbons (Fsp3) is 0.462. The van der Waals surface area contributed by atoms with E-state index in [-0.39, 0.29) is 17.4 Å². The number of nitro groups is 1. The summed E-state index contributed by atoms with van der Waals surface area (Å²) in [6, 6.07) is 6.48. The Hall–Kier alpha value is -2.13. The van der Waals surface area contributed by atoms with Gasteiger partial charge in [-0.3, -0.25) is 10.1 Å². The molecule has 1 aliphatic heterocycles. The van der Waals surface area contributed by atoms with Gasteiger partial charge in [0.25, 0.3) is 5.69 Å². The van der Waals surface area contributed by atoms with Crippen LogP contribution in [-0.2, 0) is 4.74 Å². The van der Waals surface area contributed by atoms with E-state index in [0.29, 0.717) is 6.54 Å². The third kappa shape index (κ3) is 3.01. The van der Waals surface area contributed by atoms with Gasteiger partial charge in [-0.05, 0) is 25.0 Å². The SMILES string of the molecule is CN(CC1CCCO1)c1ccc(C#N)c([N+](=O)[O-])c1. The zero-order chi connectivity index (χ0) is 13.8. The minimum atomic E-state index is -0.526. The number of hydrogen-bond acceptors (Lipinski definition) is 5. The van der Waals surface area contributed by atoms with Crippen LogP contribution in [0, 0.1) is 21.4 Å². The van der Waals surface area contributed by atoms with Gasteiger partial charge in [-0.1, -0.05) is 0 Å². The molecular formula is C13H15N3O3. The van der Waals surface area contributed by atoms with Crippen molar-refractivity contribution in [1.82, 2.24) is 0 Å². The summed E-state index contributed by atoms with van der Waals surface area (Å²) in [5.74, 6) is 0. The van der Waals surface area contributed by atoms with Gasteiger partial charge in [0.15, 0.2) is 0 Å². The Labute approximate surface area is 111 Å². The molecule has 0 bridgehead atoms. The van der Waals surface area contributed by atoms with Gasteiger partial charge in [0.2, 0.25) is 0 Å². The summed E-state index contributed by atoms with van der Waals surface area (Å²) in [5.41, 5.74) is 0.652. The van der Waals surface area contributed by atoms with Crippen LogP contribution in [0.1, 0.15) is 18.4 Å². The van der Waals surface area contributed by atoms with Crippen molar-refractivity contribution in [3.05, 3.63) is 33.9 Å². The average Bonchev–Trinajstić information content (AvgIpc) is 2.90. The average molecular weight is 261 g/mol. The summed E-state index contributed by atoms with van der Waals surface area (Å²) in [6.45, 7) is 1.48. The number of ether oxygens (including phenoxy) is 1. The lowest BCUT2D eigenvalue weighted by Crippen LogP contribution is -2.28. The van der Waals surface area contributed by atoms with Crippen LogP contribution in [0.15, 0.2) is 18.2 Å². The lowest BCUT2D eigenvalue weighted by atomic mass is 10.1. The number of nitriles is 1. The Morgan fingerprint density at radius 2 is 2.42 bits per heavy atom. The number of benzene rings is 1. The molecule has 19 heavy (non-hydrogen) atoms. The third-order valence-corrected chi connectivity index (χ3v) is 3.24. The van der Waals surface area contributed by atoms with Crippen LogP contribution in [0.25, 0.3) is 0 Å². The van der Waals surface area contributed by atoms with Gasteiger partial charge in [0, 0.05) is 32.0 Å². The lowest BCUT2D eigenvalue weighted by molar-refractivity contribution is -0.385. The summed E-state index contributed by atoms with van der Waals surface area (Å²) < 4.78 is 5.54. The van der Waals surface area contributed by atoms with E-state index in [1.807, 2.05) is 18.0 Å². The quantitative estimate of drug-likeness (QED) is 0.612. The normalized spacial score (nSPS) is 18.0. The second-order valence-corrected chi connectivity index (χ2v) is 4.59. The molecule has 6 heteroatoms. The first kappa shape index (κ1) is 13.3. The molecule has 1 aromatic carbocycles. The van der Waals surface area contributed by atoms with Crippen molar-refractivity contribution in [2.75, 3.05) is 25.1 Å². The maximum Gasteiger partial charge on any atom is 0.289 e. The fourth-order valence-electron chi connectivity index (χ4n) is 2.20. The largest absolute Gasteiger partial charge is 0.376 e. The van der Waals surface area contributed by atoms with Crippen molar-refractivity contribution in [2.45, 2.75) is 18.9 Å². The molecule has 1 atom stereocenters. The number of likely N-dealkylation sites (N-methyl/N-ethyl adjacent to an activating group) is 1. The minimum absolute atomic E-state index is 0.0827. The summed E-state index contributed by atoms with van der Waals surface area (Å²) in [7, 11) is 1.87. The highest BCUT2D eigenvalue weighted by Crippen LogP contribution is 2.25. The second kappa shape index (κ2) is 5.67. The molecule has 0 radical (unpaired) electrons. The lowest BCUT2D eigenvalue weighted by Gasteiger charge is -2.22. The predicted molar refractivity (Wildman–Crippen MR) is 70.1 cm³/mol. The molecule has 6 nitrogen and oxygen atoms in total. The van der Waals surface area contributed by atoms with Crippen LogP contribution in [0.4, 0.5) is 11.4 Å². The van der Waals surface area contributed by atoms with E-state index < -0.39 is 4.92 Å². The highest BCUT2D eigenvalue weighted by Gasteiger charge is 2.20. The second-order valence-electron chi connectivity index (χ2n) is 4.59. The zero-order valence-electron chi connectivity index (χ0n) is 10.7. The Balaban J connectivity index is 2.17. The van der Waals surface area contributed by atoms with Gasteiger partial charge in [0.1, 0.15) is 11.6 Å². The van der Waals surface area contributed by atoms with E-state index in [2.05, 4.69) is 0 Å². The fourth-order valence-corrected chi connectivity index (χ4v) is 2.20. The summed E-state index contributed by atoms with van der Waals surface area (Å²) in [5, 5.41) is 19.7. The van der Waals surface area contributed by atoms with Crippen molar-refractivity contribution in [2.24, 2.45) is 0 Å². The van der Waals surface area contributed by atoms with E-state index in [1.165, 1.54) is 12.1 Å². The Morgan fingerprint density at radius 1 is 1.63 bits per heavy atom. The van der Waals surface area contributed by atoms with E-state index in [0.717, 1.165) is 25.1 Å². The monoisotopic (exact) mass is 261 g/mol. The zero-order valence-corrected chi connectivity index (χ0v) is 10.7. The Kier molecular flexibility index (Phi) is 3.97. The summed E-state index contributed by atoms with van der Waals surface area (Å²) in [4.78, 5) is 12.3. The van der Waals surface area contributed by atoms with Crippen LogP contribution < -0.4 is 4.90 Å². The first-order chi connectivity index (χ1) is 9.11. The molecule has 0 aliphatic carbocycles. The smallest absolute Gasteiger partial charge is 0.289 e. The predicted octanol–water partition coefficient (Wildman–Crippen LogP) is 2.08. The van der Waals surface area contributed by atoms with Gasteiger partial charge < -0.3 is 9.64 Å². The molecular weight excluding hydrogens is 246 g/mol. The van der Waals surface area contributed by atoms with E-state index in [4.69, 9.17) is 10.00 Å². The molecule has 0 N–H and O–H groups in total. The molecule has 1 heterocycles. The molecule has 1 saturated heterocycles. The number of rotatable bonds is 4. The van der Waals surface area contributed by atoms with Gasteiger partial charge in [-0.15, -0.1) is 0 Å². The first-order valence-electron chi connectivity index (χ1n) is 6.13. The van der Waals surface area contributed by atoms with Crippen molar-refractivity contribution >= 4 is 11.4 Å². The van der Waals surface area contributed by atoms with Crippen molar-refractivity contribution < 1.29 is 9.66 Å². The number of nitro benzene ring substituents is 1. The number of nitrogens with zero attached hydrogens (tertiary/aromatic N) is 3. The molecule has 1 aliphatic rings. The highest BCUT2D eigenvalue weighted by atomic mass is 16.6. The molecule has 100 valence electrons. The standard InChI is InChI=1S/C13H15N3O3/c1-15(9-12-3-2-6-19-12)11-5-4-10(8-14)13(7-11)16(17)18/h4-5,7,12H,2-3,6,9H2,1H3. The maximum atomic E-state index is 10.9. The van der Waals surface area contributed by atoms with Crippen molar-refractivity contribution in [3.8, 4) is 6.07 Å². The molecule has 2 rings (SSSR count). The Morgan fingerprint density at radius 3 is 3.00 bits per heavy atom. The van der Waals surface area contributed by atoms with E-state index in [1.54, 1.807) is 6.07 Å². The number of anilines is 1. The van der Waals surface area contributed by atoms with Crippen LogP contribution >= 0.6 is 0 Å². The topological polar surface area (TPSA) is 79.4 Å². The van der Waals surface area contributed by atoms with Crippen LogP contribution in [-0.4, -0.2) is 31.2 Å². The van der Waals surface area contributed by atoms with Gasteiger partial charge in [-0.2, -0.15) is 5.26 Å². The van der Waals surface area contributed by atoms with Crippen molar-refractivity contribution in [1.29, 1.82) is 5.26 Å². The third-order valence-electron chi connectivity index (χ3n) is 3.24. The molecule has 1 aromatic rings. The van der Waals surface area contributed by atoms with E-state index in [9.17, 15) is 10.1 Å². The van der Waals surface area contributed by atoms with Crippen LogP contribution in [0.2, 0.25) is 0 Å². The van der Waals surface area contributed by atoms with Gasteiger partial charge in [0.05, 0.1) is 11.0 Å². The molecule has 0 aromatic heterocycles. The van der Waals surface area contributed by atoms with E-state index >= 15 is 0 Å². The maximum absolute atomic E-state index is 10.9. The molecule has 0 saturated carbocycles. The molecule has 1 fully saturated rings. The Bertz CT molecular complexity index is 518. The first-order valence-corrected chi connectivity index (χ1v) is 6.13. The molecule has 0 amide bonds. The van der Waals surface area contributed by atoms with Gasteiger partial charge >= 0.3 is 0 Å². The summed E-state index contributed by atoms with van der Waals surface area (Å²) >= 11 is 0. The van der Waals surface area contributed by atoms with Crippen LogP contribution in [0.3, 0.4) is 0 Å².